The van der Waals surface area contributed by atoms with Gasteiger partial charge >= 0.3 is 0 Å². The number of imidazole rings is 1. The average Bonchev–Trinajstić information content (AvgIpc) is 3.07. The minimum atomic E-state index is 0.160. The molecule has 0 saturated carbocycles. The highest BCUT2D eigenvalue weighted by molar-refractivity contribution is 5.90. The molecule has 0 aliphatic heterocycles. The highest BCUT2D eigenvalue weighted by Crippen LogP contribution is 2.29. The molecule has 0 atom stereocenters. The number of H-pyrrole nitrogens is 1. The van der Waals surface area contributed by atoms with E-state index in [4.69, 9.17) is 15.9 Å². The fourth-order valence-corrected chi connectivity index (χ4v) is 2.58. The van der Waals surface area contributed by atoms with Gasteiger partial charge in [0.05, 0.1) is 23.7 Å². The summed E-state index contributed by atoms with van der Waals surface area (Å²) in [6, 6.07) is 13.5. The lowest BCUT2D eigenvalue weighted by Gasteiger charge is -2.09. The van der Waals surface area contributed by atoms with Gasteiger partial charge in [0.2, 0.25) is 0 Å². The van der Waals surface area contributed by atoms with Gasteiger partial charge in [-0.15, -0.1) is 6.42 Å². The molecule has 0 bridgehead atoms. The molecule has 3 aromatic rings. The second kappa shape index (κ2) is 7.46. The van der Waals surface area contributed by atoms with E-state index >= 15 is 0 Å². The number of allylic oxidation sites excluding steroid dienone is 1. The molecule has 0 fully saturated rings. The fourth-order valence-electron chi connectivity index (χ4n) is 2.58. The standard InChI is InChI=1S/C21H17N3O2/c1-4-9-26-19-8-6-15(12-20(19)25-3)11-16(13-22)21-23-17-7-5-14(2)10-18(17)24-21/h1,5-8,10-12H,9H2,2-3H3,(H,23,24)/b16-11-. The first-order valence-corrected chi connectivity index (χ1v) is 7.97. The molecule has 0 radical (unpaired) electrons. The summed E-state index contributed by atoms with van der Waals surface area (Å²) in [5.74, 6) is 4.05. The largest absolute Gasteiger partial charge is 0.493 e. The first-order chi connectivity index (χ1) is 12.6. The van der Waals surface area contributed by atoms with Gasteiger partial charge in [-0.2, -0.15) is 5.26 Å². The van der Waals surface area contributed by atoms with Crippen LogP contribution in [0.2, 0.25) is 0 Å². The van der Waals surface area contributed by atoms with Gasteiger partial charge < -0.3 is 14.5 Å². The Morgan fingerprint density at radius 1 is 1.27 bits per heavy atom. The molecule has 128 valence electrons. The molecule has 3 rings (SSSR count). The van der Waals surface area contributed by atoms with Gasteiger partial charge in [-0.3, -0.25) is 0 Å². The van der Waals surface area contributed by atoms with E-state index in [0.29, 0.717) is 22.9 Å². The van der Waals surface area contributed by atoms with Crippen LogP contribution in [0, 0.1) is 30.6 Å². The molecule has 0 unspecified atom stereocenters. The quantitative estimate of drug-likeness (QED) is 0.562. The molecule has 0 spiro atoms. The number of nitrogens with one attached hydrogen (secondary N) is 1. The maximum Gasteiger partial charge on any atom is 0.162 e. The van der Waals surface area contributed by atoms with E-state index in [0.717, 1.165) is 22.2 Å². The zero-order valence-corrected chi connectivity index (χ0v) is 14.5. The minimum absolute atomic E-state index is 0.160. The molecule has 5 heteroatoms. The predicted molar refractivity (Wildman–Crippen MR) is 102 cm³/mol. The van der Waals surface area contributed by atoms with Gasteiger partial charge in [-0.25, -0.2) is 4.98 Å². The fraction of sp³-hybridized carbons (Fsp3) is 0.143. The van der Waals surface area contributed by atoms with Crippen molar-refractivity contribution in [3.8, 4) is 29.9 Å². The number of rotatable bonds is 5. The van der Waals surface area contributed by atoms with Crippen LogP contribution in [0.3, 0.4) is 0 Å². The van der Waals surface area contributed by atoms with Crippen molar-refractivity contribution in [2.45, 2.75) is 6.92 Å². The van der Waals surface area contributed by atoms with E-state index in [9.17, 15) is 5.26 Å². The van der Waals surface area contributed by atoms with E-state index in [1.807, 2.05) is 31.2 Å². The second-order valence-corrected chi connectivity index (χ2v) is 5.68. The number of ether oxygens (including phenoxy) is 2. The number of terminal acetylenes is 1. The van der Waals surface area contributed by atoms with Crippen molar-refractivity contribution in [3.63, 3.8) is 0 Å². The highest BCUT2D eigenvalue weighted by atomic mass is 16.5. The summed E-state index contributed by atoms with van der Waals surface area (Å²) >= 11 is 0. The normalized spacial score (nSPS) is 11.0. The lowest BCUT2D eigenvalue weighted by Crippen LogP contribution is -1.97. The number of aromatic amines is 1. The second-order valence-electron chi connectivity index (χ2n) is 5.68. The maximum atomic E-state index is 9.56. The average molecular weight is 343 g/mol. The predicted octanol–water partition coefficient (Wildman–Crippen LogP) is 3.96. The Kier molecular flexibility index (Phi) is 4.92. The molecule has 1 heterocycles. The van der Waals surface area contributed by atoms with Crippen molar-refractivity contribution in [3.05, 3.63) is 53.3 Å². The van der Waals surface area contributed by atoms with Gasteiger partial charge in [0.1, 0.15) is 18.5 Å². The molecule has 0 amide bonds. The number of hydrogen-bond acceptors (Lipinski definition) is 4. The summed E-state index contributed by atoms with van der Waals surface area (Å²) in [4.78, 5) is 7.69. The van der Waals surface area contributed by atoms with Crippen LogP contribution in [0.1, 0.15) is 17.0 Å². The van der Waals surface area contributed by atoms with Crippen LogP contribution >= 0.6 is 0 Å². The third-order valence-electron chi connectivity index (χ3n) is 3.82. The van der Waals surface area contributed by atoms with Crippen LogP contribution in [-0.4, -0.2) is 23.7 Å². The molecule has 5 nitrogen and oxygen atoms in total. The minimum Gasteiger partial charge on any atom is -0.493 e. The van der Waals surface area contributed by atoms with E-state index < -0.39 is 0 Å². The topological polar surface area (TPSA) is 70.9 Å². The SMILES string of the molecule is C#CCOc1ccc(/C=C(/C#N)c2nc3ccc(C)cc3[nH]2)cc1OC. The van der Waals surface area contributed by atoms with Crippen LogP contribution in [0.25, 0.3) is 22.7 Å². The Labute approximate surface area is 151 Å². The lowest BCUT2D eigenvalue weighted by atomic mass is 10.1. The van der Waals surface area contributed by atoms with Gasteiger partial charge in [0.25, 0.3) is 0 Å². The van der Waals surface area contributed by atoms with Gasteiger partial charge in [0.15, 0.2) is 11.5 Å². The Morgan fingerprint density at radius 2 is 2.12 bits per heavy atom. The number of aryl methyl sites for hydroxylation is 1. The third-order valence-corrected chi connectivity index (χ3v) is 3.82. The number of nitrogens with zero attached hydrogens (tertiary/aromatic N) is 2. The van der Waals surface area contributed by atoms with Crippen LogP contribution in [0.15, 0.2) is 36.4 Å². The molecule has 0 saturated heterocycles. The van der Waals surface area contributed by atoms with E-state index in [2.05, 4.69) is 22.0 Å². The number of aromatic nitrogens is 2. The molecule has 0 aliphatic carbocycles. The number of nitriles is 1. The van der Waals surface area contributed by atoms with Gasteiger partial charge in [0, 0.05) is 0 Å². The van der Waals surface area contributed by atoms with E-state index in [-0.39, 0.29) is 6.61 Å². The molecule has 1 aromatic heterocycles. The summed E-state index contributed by atoms with van der Waals surface area (Å²) in [5, 5.41) is 9.56. The van der Waals surface area contributed by atoms with Gasteiger partial charge in [-0.1, -0.05) is 18.1 Å². The van der Waals surface area contributed by atoms with Crippen molar-refractivity contribution in [2.24, 2.45) is 0 Å². The van der Waals surface area contributed by atoms with Crippen LogP contribution in [0.5, 0.6) is 11.5 Å². The number of fused-ring (bicyclic) bond motifs is 1. The molecule has 0 aliphatic rings. The molecule has 1 N–H and O–H groups in total. The Morgan fingerprint density at radius 3 is 2.85 bits per heavy atom. The number of benzene rings is 2. The van der Waals surface area contributed by atoms with Crippen molar-refractivity contribution >= 4 is 22.7 Å². The zero-order chi connectivity index (χ0) is 18.5. The van der Waals surface area contributed by atoms with Crippen LogP contribution < -0.4 is 9.47 Å². The number of methoxy groups -OCH3 is 1. The summed E-state index contributed by atoms with van der Waals surface area (Å²) in [6.07, 6.45) is 6.96. The zero-order valence-electron chi connectivity index (χ0n) is 14.5. The summed E-state index contributed by atoms with van der Waals surface area (Å²) < 4.78 is 10.8. The first-order valence-electron chi connectivity index (χ1n) is 7.97. The molecular formula is C21H17N3O2. The van der Waals surface area contributed by atoms with Gasteiger partial charge in [-0.05, 0) is 48.4 Å². The van der Waals surface area contributed by atoms with Crippen molar-refractivity contribution in [1.29, 1.82) is 5.26 Å². The Hall–Kier alpha value is -3.70. The third kappa shape index (κ3) is 3.53. The highest BCUT2D eigenvalue weighted by Gasteiger charge is 2.10. The van der Waals surface area contributed by atoms with Crippen LogP contribution in [-0.2, 0) is 0 Å². The first kappa shape index (κ1) is 17.1. The molecule has 2 aromatic carbocycles. The van der Waals surface area contributed by atoms with E-state index in [1.165, 1.54) is 0 Å². The van der Waals surface area contributed by atoms with Crippen molar-refractivity contribution in [1.82, 2.24) is 9.97 Å². The molecular weight excluding hydrogens is 326 g/mol. The smallest absolute Gasteiger partial charge is 0.162 e. The lowest BCUT2D eigenvalue weighted by molar-refractivity contribution is 0.331. The van der Waals surface area contributed by atoms with Crippen molar-refractivity contribution in [2.75, 3.05) is 13.7 Å². The monoisotopic (exact) mass is 343 g/mol. The Balaban J connectivity index is 1.98. The van der Waals surface area contributed by atoms with E-state index in [1.54, 1.807) is 25.3 Å². The molecule has 26 heavy (non-hydrogen) atoms. The summed E-state index contributed by atoms with van der Waals surface area (Å²) in [5.41, 5.74) is 4.07. The Bertz CT molecular complexity index is 1070. The number of hydrogen-bond donors (Lipinski definition) is 1. The summed E-state index contributed by atoms with van der Waals surface area (Å²) in [6.45, 7) is 2.17. The van der Waals surface area contributed by atoms with Crippen LogP contribution in [0.4, 0.5) is 0 Å². The van der Waals surface area contributed by atoms with Crippen molar-refractivity contribution < 1.29 is 9.47 Å². The maximum absolute atomic E-state index is 9.56. The summed E-state index contributed by atoms with van der Waals surface area (Å²) in [7, 11) is 1.55.